The van der Waals surface area contributed by atoms with E-state index in [0.717, 1.165) is 16.8 Å². The lowest BCUT2D eigenvalue weighted by Crippen LogP contribution is -2.01. The van der Waals surface area contributed by atoms with Gasteiger partial charge in [0.15, 0.2) is 5.82 Å². The molecule has 88 valence electrons. The van der Waals surface area contributed by atoms with Gasteiger partial charge in [-0.1, -0.05) is 26.0 Å². The molecule has 1 heterocycles. The number of benzene rings is 1. The maximum Gasteiger partial charge on any atom is 0.153 e. The van der Waals surface area contributed by atoms with E-state index in [4.69, 9.17) is 5.73 Å². The van der Waals surface area contributed by atoms with Crippen LogP contribution in [0.15, 0.2) is 30.3 Å². The number of hydrogen-bond donors (Lipinski definition) is 1. The van der Waals surface area contributed by atoms with Crippen LogP contribution in [0.25, 0.3) is 11.1 Å². The Balaban J connectivity index is 2.50. The highest BCUT2D eigenvalue weighted by Gasteiger charge is 2.09. The number of aromatic nitrogens is 2. The van der Waals surface area contributed by atoms with E-state index < -0.39 is 0 Å². The number of hydrogen-bond acceptors (Lipinski definition) is 3. The van der Waals surface area contributed by atoms with E-state index in [2.05, 4.69) is 10.2 Å². The number of rotatable bonds is 2. The number of nitrogens with two attached hydrogens (primary N) is 1. The summed E-state index contributed by atoms with van der Waals surface area (Å²) in [5, 5.41) is 7.97. The molecule has 0 aliphatic rings. The maximum atomic E-state index is 12.9. The summed E-state index contributed by atoms with van der Waals surface area (Å²) in [7, 11) is 0. The van der Waals surface area contributed by atoms with Crippen molar-refractivity contribution < 1.29 is 4.39 Å². The molecule has 0 aliphatic heterocycles. The molecule has 0 fully saturated rings. The molecule has 2 N–H and O–H groups in total. The molecular weight excluding hydrogens is 217 g/mol. The van der Waals surface area contributed by atoms with Crippen LogP contribution in [0.1, 0.15) is 25.5 Å². The highest BCUT2D eigenvalue weighted by Crippen LogP contribution is 2.26. The third-order valence-corrected chi connectivity index (χ3v) is 2.59. The number of nitrogens with zero attached hydrogens (tertiary/aromatic N) is 2. The van der Waals surface area contributed by atoms with Crippen molar-refractivity contribution in [2.45, 2.75) is 19.8 Å². The van der Waals surface area contributed by atoms with Gasteiger partial charge in [-0.25, -0.2) is 4.39 Å². The van der Waals surface area contributed by atoms with Crippen LogP contribution in [-0.4, -0.2) is 10.2 Å². The van der Waals surface area contributed by atoms with E-state index in [-0.39, 0.29) is 11.7 Å². The van der Waals surface area contributed by atoms with E-state index in [9.17, 15) is 4.39 Å². The monoisotopic (exact) mass is 231 g/mol. The molecule has 2 aromatic rings. The molecule has 0 radical (unpaired) electrons. The summed E-state index contributed by atoms with van der Waals surface area (Å²) in [6, 6.07) is 8.09. The average molecular weight is 231 g/mol. The first-order chi connectivity index (χ1) is 8.08. The van der Waals surface area contributed by atoms with Gasteiger partial charge in [-0.3, -0.25) is 0 Å². The van der Waals surface area contributed by atoms with Crippen molar-refractivity contribution in [2.24, 2.45) is 0 Å². The topological polar surface area (TPSA) is 51.8 Å². The van der Waals surface area contributed by atoms with Crippen LogP contribution in [0.5, 0.6) is 0 Å². The molecule has 0 spiro atoms. The Labute approximate surface area is 99.5 Å². The van der Waals surface area contributed by atoms with Crippen LogP contribution in [0.4, 0.5) is 10.2 Å². The lowest BCUT2D eigenvalue weighted by atomic mass is 10.0. The molecule has 0 unspecified atom stereocenters. The quantitative estimate of drug-likeness (QED) is 0.864. The minimum Gasteiger partial charge on any atom is -0.382 e. The minimum atomic E-state index is -0.265. The van der Waals surface area contributed by atoms with Crippen LogP contribution >= 0.6 is 0 Å². The summed E-state index contributed by atoms with van der Waals surface area (Å²) in [5.41, 5.74) is 8.31. The molecule has 0 bridgehead atoms. The molecule has 0 saturated carbocycles. The highest BCUT2D eigenvalue weighted by atomic mass is 19.1. The van der Waals surface area contributed by atoms with E-state index in [0.29, 0.717) is 5.82 Å². The van der Waals surface area contributed by atoms with Gasteiger partial charge in [0.05, 0.1) is 5.69 Å². The summed E-state index contributed by atoms with van der Waals surface area (Å²) in [5.74, 6) is 0.377. The molecule has 4 heteroatoms. The first-order valence-electron chi connectivity index (χ1n) is 5.47. The van der Waals surface area contributed by atoms with Crippen molar-refractivity contribution in [3.8, 4) is 11.1 Å². The Morgan fingerprint density at radius 2 is 1.76 bits per heavy atom. The van der Waals surface area contributed by atoms with Crippen molar-refractivity contribution in [3.05, 3.63) is 41.8 Å². The zero-order valence-corrected chi connectivity index (χ0v) is 9.81. The summed E-state index contributed by atoms with van der Waals surface area (Å²) < 4.78 is 12.9. The van der Waals surface area contributed by atoms with Gasteiger partial charge >= 0.3 is 0 Å². The van der Waals surface area contributed by atoms with Gasteiger partial charge in [-0.15, -0.1) is 5.10 Å². The summed E-state index contributed by atoms with van der Waals surface area (Å²) in [4.78, 5) is 0. The Kier molecular flexibility index (Phi) is 3.04. The van der Waals surface area contributed by atoms with Gasteiger partial charge in [0.25, 0.3) is 0 Å². The second kappa shape index (κ2) is 4.49. The van der Waals surface area contributed by atoms with E-state index in [1.165, 1.54) is 12.1 Å². The number of anilines is 1. The molecule has 0 atom stereocenters. The summed E-state index contributed by atoms with van der Waals surface area (Å²) >= 11 is 0. The van der Waals surface area contributed by atoms with E-state index in [1.54, 1.807) is 12.1 Å². The van der Waals surface area contributed by atoms with Gasteiger partial charge in [0.2, 0.25) is 0 Å². The minimum absolute atomic E-state index is 0.265. The predicted molar refractivity (Wildman–Crippen MR) is 65.9 cm³/mol. The fraction of sp³-hybridized carbons (Fsp3) is 0.231. The molecular formula is C13H14FN3. The lowest BCUT2D eigenvalue weighted by Gasteiger charge is -2.08. The van der Waals surface area contributed by atoms with Gasteiger partial charge in [-0.05, 0) is 29.7 Å². The highest BCUT2D eigenvalue weighted by molar-refractivity contribution is 5.73. The van der Waals surface area contributed by atoms with Gasteiger partial charge in [0, 0.05) is 5.56 Å². The normalized spacial score (nSPS) is 10.8. The summed E-state index contributed by atoms with van der Waals surface area (Å²) in [6.45, 7) is 4.07. The van der Waals surface area contributed by atoms with Gasteiger partial charge < -0.3 is 5.73 Å². The summed E-state index contributed by atoms with van der Waals surface area (Å²) in [6.07, 6.45) is 0. The van der Waals surface area contributed by atoms with E-state index in [1.807, 2.05) is 19.9 Å². The largest absolute Gasteiger partial charge is 0.382 e. The molecule has 2 rings (SSSR count). The van der Waals surface area contributed by atoms with Crippen molar-refractivity contribution >= 4 is 5.82 Å². The van der Waals surface area contributed by atoms with Crippen LogP contribution < -0.4 is 5.73 Å². The van der Waals surface area contributed by atoms with Crippen molar-refractivity contribution in [1.82, 2.24) is 10.2 Å². The van der Waals surface area contributed by atoms with Crippen LogP contribution in [0, 0.1) is 5.82 Å². The zero-order chi connectivity index (χ0) is 12.4. The number of nitrogen functional groups attached to an aromatic ring is 1. The smallest absolute Gasteiger partial charge is 0.153 e. The molecule has 17 heavy (non-hydrogen) atoms. The van der Waals surface area contributed by atoms with Crippen molar-refractivity contribution in [3.63, 3.8) is 0 Å². The van der Waals surface area contributed by atoms with Gasteiger partial charge in [0.1, 0.15) is 5.82 Å². The first-order valence-corrected chi connectivity index (χ1v) is 5.47. The van der Waals surface area contributed by atoms with Crippen molar-refractivity contribution in [2.75, 3.05) is 5.73 Å². The SMILES string of the molecule is CC(C)c1cc(-c2ccc(F)cc2)c(N)nn1. The molecule has 1 aromatic carbocycles. The Morgan fingerprint density at radius 3 is 2.35 bits per heavy atom. The predicted octanol–water partition coefficient (Wildman–Crippen LogP) is 2.99. The third-order valence-electron chi connectivity index (χ3n) is 2.59. The standard InChI is InChI=1S/C13H14FN3/c1-8(2)12-7-11(13(15)17-16-12)9-3-5-10(14)6-4-9/h3-8H,1-2H3,(H2,15,17). The Bertz CT molecular complexity index is 521. The van der Waals surface area contributed by atoms with Crippen LogP contribution in [-0.2, 0) is 0 Å². The first kappa shape index (κ1) is 11.5. The fourth-order valence-electron chi connectivity index (χ4n) is 1.56. The second-order valence-corrected chi connectivity index (χ2v) is 4.23. The zero-order valence-electron chi connectivity index (χ0n) is 9.81. The molecule has 3 nitrogen and oxygen atoms in total. The fourth-order valence-corrected chi connectivity index (χ4v) is 1.56. The average Bonchev–Trinajstić information content (AvgIpc) is 2.31. The maximum absolute atomic E-state index is 12.9. The van der Waals surface area contributed by atoms with Crippen molar-refractivity contribution in [1.29, 1.82) is 0 Å². The third kappa shape index (κ3) is 2.41. The Hall–Kier alpha value is -1.97. The van der Waals surface area contributed by atoms with Gasteiger partial charge in [-0.2, -0.15) is 5.10 Å². The van der Waals surface area contributed by atoms with Crippen LogP contribution in [0.2, 0.25) is 0 Å². The van der Waals surface area contributed by atoms with E-state index >= 15 is 0 Å². The molecule has 1 aromatic heterocycles. The Morgan fingerprint density at radius 1 is 1.12 bits per heavy atom. The molecule has 0 saturated heterocycles. The second-order valence-electron chi connectivity index (χ2n) is 4.23. The lowest BCUT2D eigenvalue weighted by molar-refractivity contribution is 0.628. The molecule has 0 amide bonds. The molecule has 0 aliphatic carbocycles. The van der Waals surface area contributed by atoms with Crippen LogP contribution in [0.3, 0.4) is 0 Å². The number of halogens is 1.